The molecule has 0 fully saturated rings. The van der Waals surface area contributed by atoms with Gasteiger partial charge in [-0.15, -0.1) is 0 Å². The Bertz CT molecular complexity index is 1080. The third-order valence-corrected chi connectivity index (χ3v) is 5.46. The van der Waals surface area contributed by atoms with Crippen LogP contribution in [0.5, 0.6) is 0 Å². The number of rotatable bonds is 5. The fourth-order valence-electron chi connectivity index (χ4n) is 3.66. The lowest BCUT2D eigenvalue weighted by atomic mass is 9.98. The van der Waals surface area contributed by atoms with Crippen LogP contribution in [0.2, 0.25) is 5.02 Å². The Morgan fingerprint density at radius 1 is 0.967 bits per heavy atom. The van der Waals surface area contributed by atoms with Crippen molar-refractivity contribution >= 4 is 23.8 Å². The molecule has 1 aliphatic rings. The number of benzene rings is 3. The van der Waals surface area contributed by atoms with Gasteiger partial charge in [-0.1, -0.05) is 72.3 Å². The molecule has 4 rings (SSSR count). The predicted octanol–water partition coefficient (Wildman–Crippen LogP) is 6.17. The molecule has 0 bridgehead atoms. The average molecular weight is 426 g/mol. The van der Waals surface area contributed by atoms with E-state index in [0.29, 0.717) is 0 Å². The lowest BCUT2D eigenvalue weighted by Gasteiger charge is -2.14. The fourth-order valence-corrected chi connectivity index (χ4v) is 3.88. The van der Waals surface area contributed by atoms with Gasteiger partial charge < -0.3 is 10.1 Å². The monoisotopic (exact) mass is 425 g/mol. The number of carbonyl (C=O) groups is 1. The summed E-state index contributed by atoms with van der Waals surface area (Å²) in [6, 6.07) is 18.1. The topological polar surface area (TPSA) is 38.3 Å². The molecule has 0 radical (unpaired) electrons. The Kier molecular flexibility index (Phi) is 5.81. The van der Waals surface area contributed by atoms with E-state index in [1.165, 1.54) is 12.2 Å². The summed E-state index contributed by atoms with van der Waals surface area (Å²) in [5.41, 5.74) is 4.49. The van der Waals surface area contributed by atoms with E-state index in [1.807, 2.05) is 36.4 Å². The molecule has 0 heterocycles. The summed E-state index contributed by atoms with van der Waals surface area (Å²) < 4.78 is 32.6. The zero-order valence-electron chi connectivity index (χ0n) is 15.9. The Morgan fingerprint density at radius 3 is 2.23 bits per heavy atom. The molecule has 1 N–H and O–H groups in total. The Labute approximate surface area is 177 Å². The fraction of sp³-hybridized carbons (Fsp3) is 0.125. The smallest absolute Gasteiger partial charge is 0.407 e. The number of fused-ring (bicyclic) bond motifs is 3. The second-order valence-corrected chi connectivity index (χ2v) is 7.24. The number of hydrogen-bond acceptors (Lipinski definition) is 2. The van der Waals surface area contributed by atoms with Crippen molar-refractivity contribution in [1.29, 1.82) is 0 Å². The third-order valence-electron chi connectivity index (χ3n) is 5.07. The number of hydrogen-bond donors (Lipinski definition) is 1. The molecule has 1 amide bonds. The van der Waals surface area contributed by atoms with Gasteiger partial charge in [0.25, 0.3) is 0 Å². The summed E-state index contributed by atoms with van der Waals surface area (Å²) >= 11 is 5.77. The van der Waals surface area contributed by atoms with Crippen molar-refractivity contribution < 1.29 is 18.3 Å². The van der Waals surface area contributed by atoms with Gasteiger partial charge in [-0.05, 0) is 34.4 Å². The molecule has 3 aromatic rings. The highest BCUT2D eigenvalue weighted by atomic mass is 35.5. The van der Waals surface area contributed by atoms with Crippen LogP contribution in [0.15, 0.2) is 66.7 Å². The van der Waals surface area contributed by atoms with E-state index in [1.54, 1.807) is 0 Å². The largest absolute Gasteiger partial charge is 0.449 e. The van der Waals surface area contributed by atoms with E-state index in [0.717, 1.165) is 34.4 Å². The minimum absolute atomic E-state index is 0.0288. The highest BCUT2D eigenvalue weighted by Gasteiger charge is 2.28. The number of ether oxygens (including phenoxy) is 1. The molecule has 0 unspecified atom stereocenters. The zero-order chi connectivity index (χ0) is 21.1. The van der Waals surface area contributed by atoms with Crippen LogP contribution in [0.25, 0.3) is 17.2 Å². The van der Waals surface area contributed by atoms with E-state index in [9.17, 15) is 13.6 Å². The van der Waals surface area contributed by atoms with Gasteiger partial charge in [0.05, 0.1) is 5.02 Å². The van der Waals surface area contributed by atoms with Crippen LogP contribution in [-0.4, -0.2) is 19.2 Å². The van der Waals surface area contributed by atoms with E-state index >= 15 is 0 Å². The van der Waals surface area contributed by atoms with Crippen LogP contribution in [0.1, 0.15) is 22.6 Å². The van der Waals surface area contributed by atoms with Crippen LogP contribution in [0.3, 0.4) is 0 Å². The maximum atomic E-state index is 13.7. The predicted molar refractivity (Wildman–Crippen MR) is 113 cm³/mol. The normalized spacial score (nSPS) is 12.6. The lowest BCUT2D eigenvalue weighted by Crippen LogP contribution is -2.26. The van der Waals surface area contributed by atoms with Gasteiger partial charge in [0.2, 0.25) is 0 Å². The standard InChI is InChI=1S/C24H18ClF2NO2/c25-23-19(21(26)11-12-22(23)27)10-5-13-28-24(29)30-14-20-17-8-3-1-6-15(17)16-7-2-4-9-18(16)20/h1-12,20H,13-14H2,(H,28,29). The highest BCUT2D eigenvalue weighted by Crippen LogP contribution is 2.44. The van der Waals surface area contributed by atoms with Gasteiger partial charge in [-0.2, -0.15) is 0 Å². The third kappa shape index (κ3) is 3.94. The summed E-state index contributed by atoms with van der Waals surface area (Å²) in [7, 11) is 0. The van der Waals surface area contributed by atoms with Gasteiger partial charge in [0.15, 0.2) is 0 Å². The molecule has 1 aliphatic carbocycles. The van der Waals surface area contributed by atoms with Crippen LogP contribution in [0.4, 0.5) is 13.6 Å². The first-order chi connectivity index (χ1) is 14.6. The number of carbonyl (C=O) groups excluding carboxylic acids is 1. The maximum Gasteiger partial charge on any atom is 0.407 e. The molecular formula is C24H18ClF2NO2. The van der Waals surface area contributed by atoms with Gasteiger partial charge in [-0.3, -0.25) is 0 Å². The molecule has 0 aliphatic heterocycles. The first-order valence-electron chi connectivity index (χ1n) is 9.45. The minimum atomic E-state index is -0.706. The Hall–Kier alpha value is -3.18. The van der Waals surface area contributed by atoms with Gasteiger partial charge in [0, 0.05) is 18.0 Å². The minimum Gasteiger partial charge on any atom is -0.449 e. The van der Waals surface area contributed by atoms with Crippen LogP contribution >= 0.6 is 11.6 Å². The van der Waals surface area contributed by atoms with Crippen molar-refractivity contribution in [3.05, 3.63) is 100 Å². The van der Waals surface area contributed by atoms with Crippen LogP contribution in [-0.2, 0) is 4.74 Å². The van der Waals surface area contributed by atoms with Gasteiger partial charge in [0.1, 0.15) is 18.2 Å². The van der Waals surface area contributed by atoms with Gasteiger partial charge >= 0.3 is 6.09 Å². The summed E-state index contributed by atoms with van der Waals surface area (Å²) in [5.74, 6) is -1.38. The van der Waals surface area contributed by atoms with Crippen molar-refractivity contribution in [2.75, 3.05) is 13.2 Å². The molecule has 0 aromatic heterocycles. The van der Waals surface area contributed by atoms with E-state index in [-0.39, 0.29) is 29.7 Å². The van der Waals surface area contributed by atoms with Crippen LogP contribution in [0, 0.1) is 11.6 Å². The second-order valence-electron chi connectivity index (χ2n) is 6.87. The van der Waals surface area contributed by atoms with E-state index < -0.39 is 17.7 Å². The molecule has 0 spiro atoms. The lowest BCUT2D eigenvalue weighted by molar-refractivity contribution is 0.144. The SMILES string of the molecule is O=C(NCC=Cc1c(F)ccc(F)c1Cl)OCC1c2ccccc2-c2ccccc21. The highest BCUT2D eigenvalue weighted by molar-refractivity contribution is 6.32. The molecule has 6 heteroatoms. The number of nitrogens with one attached hydrogen (secondary N) is 1. The maximum absolute atomic E-state index is 13.7. The molecular weight excluding hydrogens is 408 g/mol. The van der Waals surface area contributed by atoms with Crippen molar-refractivity contribution in [3.63, 3.8) is 0 Å². The Balaban J connectivity index is 1.36. The van der Waals surface area contributed by atoms with E-state index in [4.69, 9.17) is 16.3 Å². The number of amides is 1. The summed E-state index contributed by atoms with van der Waals surface area (Å²) in [4.78, 5) is 12.1. The van der Waals surface area contributed by atoms with Gasteiger partial charge in [-0.25, -0.2) is 13.6 Å². The molecule has 3 aromatic carbocycles. The molecule has 3 nitrogen and oxygen atoms in total. The summed E-state index contributed by atoms with van der Waals surface area (Å²) in [6.07, 6.45) is 2.21. The molecule has 152 valence electrons. The summed E-state index contributed by atoms with van der Waals surface area (Å²) in [5, 5.41) is 2.27. The van der Waals surface area contributed by atoms with Crippen molar-refractivity contribution in [3.8, 4) is 11.1 Å². The first kappa shape index (κ1) is 20.1. The number of halogens is 3. The second kappa shape index (κ2) is 8.67. The van der Waals surface area contributed by atoms with Crippen LogP contribution < -0.4 is 5.32 Å². The number of alkyl carbamates (subject to hydrolysis) is 1. The van der Waals surface area contributed by atoms with Crippen molar-refractivity contribution in [2.45, 2.75) is 5.92 Å². The van der Waals surface area contributed by atoms with Crippen molar-refractivity contribution in [2.24, 2.45) is 0 Å². The summed E-state index contributed by atoms with van der Waals surface area (Å²) in [6.45, 7) is 0.289. The molecule has 30 heavy (non-hydrogen) atoms. The molecule has 0 atom stereocenters. The van der Waals surface area contributed by atoms with E-state index in [2.05, 4.69) is 17.4 Å². The quantitative estimate of drug-likeness (QED) is 0.496. The van der Waals surface area contributed by atoms with Crippen molar-refractivity contribution in [1.82, 2.24) is 5.32 Å². The molecule has 0 saturated carbocycles. The first-order valence-corrected chi connectivity index (χ1v) is 9.83. The average Bonchev–Trinajstić information content (AvgIpc) is 3.08. The Morgan fingerprint density at radius 2 is 1.57 bits per heavy atom. The zero-order valence-corrected chi connectivity index (χ0v) is 16.6. The molecule has 0 saturated heterocycles.